The van der Waals surface area contributed by atoms with Gasteiger partial charge in [-0.2, -0.15) is 0 Å². The maximum atomic E-state index is 13.3. The second kappa shape index (κ2) is 25.1. The minimum Gasteiger partial charge on any atom is -0.490 e. The molecule has 0 bridgehead atoms. The van der Waals surface area contributed by atoms with Crippen LogP contribution in [0.5, 0.6) is 5.75 Å². The standard InChI is InChI=1S/C47H59N7O11/c1-31(2)26-39(52-44(58)41(55)38(27-32-10-7-6-8-11-32)54-46(59)65-47(3,4)5)42(56)49-18-19-60-20-21-61-22-23-62-24-25-63-35-14-15-36(50-30-35)43(57)51-34-13-16-40-37(28-34)53-45(64-40)33-12-9-17-48-29-33/h6-17,28-31,38-39,41,55H,18-27H2,1-5H3,(H,49,56)(H,51,57)(H,52,58)(H,54,59). The van der Waals surface area contributed by atoms with E-state index in [0.29, 0.717) is 61.3 Å². The molecule has 0 saturated carbocycles. The second-order valence-corrected chi connectivity index (χ2v) is 16.3. The van der Waals surface area contributed by atoms with Gasteiger partial charge in [-0.3, -0.25) is 19.4 Å². The summed E-state index contributed by atoms with van der Waals surface area (Å²) in [6.07, 6.45) is 2.84. The highest BCUT2D eigenvalue weighted by atomic mass is 16.6. The molecule has 0 aliphatic carbocycles. The lowest BCUT2D eigenvalue weighted by molar-refractivity contribution is -0.135. The molecule has 3 aromatic heterocycles. The number of hydrogen-bond acceptors (Lipinski definition) is 14. The smallest absolute Gasteiger partial charge is 0.407 e. The van der Waals surface area contributed by atoms with Crippen LogP contribution in [0.1, 0.15) is 57.1 Å². The van der Waals surface area contributed by atoms with Crippen molar-refractivity contribution >= 4 is 40.6 Å². The number of carbonyl (C=O) groups is 4. The molecule has 0 fully saturated rings. The van der Waals surface area contributed by atoms with Crippen molar-refractivity contribution in [2.75, 3.05) is 58.1 Å². The van der Waals surface area contributed by atoms with Gasteiger partial charge in [0.15, 0.2) is 11.7 Å². The third-order valence-corrected chi connectivity index (χ3v) is 9.30. The number of ether oxygens (including phenoxy) is 5. The Kier molecular flexibility index (Phi) is 19.2. The lowest BCUT2D eigenvalue weighted by Crippen LogP contribution is -2.56. The van der Waals surface area contributed by atoms with Crippen LogP contribution in [-0.2, 0) is 35.0 Å². The number of aromatic nitrogens is 3. The zero-order valence-electron chi connectivity index (χ0n) is 37.4. The zero-order chi connectivity index (χ0) is 46.6. The number of oxazole rings is 1. The van der Waals surface area contributed by atoms with Crippen molar-refractivity contribution in [3.05, 3.63) is 103 Å². The molecule has 2 aromatic carbocycles. The number of hydrogen-bond donors (Lipinski definition) is 5. The fourth-order valence-electron chi connectivity index (χ4n) is 6.25. The van der Waals surface area contributed by atoms with E-state index in [4.69, 9.17) is 28.1 Å². The van der Waals surface area contributed by atoms with Crippen LogP contribution >= 0.6 is 0 Å². The Hall–Kier alpha value is -6.47. The van der Waals surface area contributed by atoms with Crippen molar-refractivity contribution < 1.29 is 52.4 Å². The number of aliphatic hydroxyl groups excluding tert-OH is 1. The third kappa shape index (κ3) is 17.2. The molecule has 5 aromatic rings. The molecule has 3 unspecified atom stereocenters. The Morgan fingerprint density at radius 1 is 0.800 bits per heavy atom. The average Bonchev–Trinajstić information content (AvgIpc) is 3.71. The number of aliphatic hydroxyl groups is 1. The molecule has 3 atom stereocenters. The van der Waals surface area contributed by atoms with Gasteiger partial charge in [-0.25, -0.2) is 14.8 Å². The molecular formula is C47H59N7O11. The van der Waals surface area contributed by atoms with Gasteiger partial charge in [0.2, 0.25) is 11.8 Å². The van der Waals surface area contributed by atoms with Gasteiger partial charge in [-0.1, -0.05) is 44.2 Å². The van der Waals surface area contributed by atoms with Crippen molar-refractivity contribution in [2.45, 2.75) is 71.2 Å². The number of amides is 4. The van der Waals surface area contributed by atoms with Crippen LogP contribution in [0.15, 0.2) is 95.8 Å². The van der Waals surface area contributed by atoms with E-state index in [0.717, 1.165) is 11.1 Å². The van der Waals surface area contributed by atoms with E-state index in [2.05, 4.69) is 36.2 Å². The van der Waals surface area contributed by atoms with Crippen molar-refractivity contribution in [3.8, 4) is 17.2 Å². The van der Waals surface area contributed by atoms with Crippen molar-refractivity contribution in [3.63, 3.8) is 0 Å². The topological polar surface area (TPSA) is 235 Å². The summed E-state index contributed by atoms with van der Waals surface area (Å²) >= 11 is 0. The summed E-state index contributed by atoms with van der Waals surface area (Å²) in [5.41, 5.74) is 2.69. The van der Waals surface area contributed by atoms with Crippen LogP contribution in [0.4, 0.5) is 10.5 Å². The van der Waals surface area contributed by atoms with E-state index >= 15 is 0 Å². The van der Waals surface area contributed by atoms with Crippen LogP contribution in [-0.4, -0.2) is 120 Å². The fraction of sp³-hybridized carbons (Fsp3) is 0.426. The molecule has 18 nitrogen and oxygen atoms in total. The van der Waals surface area contributed by atoms with Gasteiger partial charge in [0.05, 0.1) is 57.4 Å². The maximum absolute atomic E-state index is 13.3. The van der Waals surface area contributed by atoms with Gasteiger partial charge in [-0.15, -0.1) is 0 Å². The van der Waals surface area contributed by atoms with Crippen molar-refractivity contribution in [1.29, 1.82) is 0 Å². The Morgan fingerprint density at radius 2 is 1.52 bits per heavy atom. The van der Waals surface area contributed by atoms with Gasteiger partial charge >= 0.3 is 6.09 Å². The molecule has 5 N–H and O–H groups in total. The van der Waals surface area contributed by atoms with Crippen LogP contribution in [0.2, 0.25) is 0 Å². The first-order valence-electron chi connectivity index (χ1n) is 21.5. The summed E-state index contributed by atoms with van der Waals surface area (Å²) in [6.45, 7) is 11.2. The molecule has 348 valence electrons. The predicted molar refractivity (Wildman–Crippen MR) is 241 cm³/mol. The zero-order valence-corrected chi connectivity index (χ0v) is 37.4. The van der Waals surface area contributed by atoms with Crippen LogP contribution in [0.3, 0.4) is 0 Å². The number of nitrogens with one attached hydrogen (secondary N) is 4. The SMILES string of the molecule is CC(C)CC(NC(=O)C(O)C(Cc1ccccc1)NC(=O)OC(C)(C)C)C(=O)NCCOCCOCCOCCOc1ccc(C(=O)Nc2ccc3oc(-c4cccnc4)nc3c2)nc1. The summed E-state index contributed by atoms with van der Waals surface area (Å²) in [6, 6.07) is 19.2. The fourth-order valence-corrected chi connectivity index (χ4v) is 6.25. The largest absolute Gasteiger partial charge is 0.490 e. The highest BCUT2D eigenvalue weighted by molar-refractivity contribution is 6.03. The van der Waals surface area contributed by atoms with Crippen LogP contribution in [0, 0.1) is 5.92 Å². The van der Waals surface area contributed by atoms with Crippen LogP contribution < -0.4 is 26.0 Å². The highest BCUT2D eigenvalue weighted by Crippen LogP contribution is 2.26. The summed E-state index contributed by atoms with van der Waals surface area (Å²) in [5, 5.41) is 22.0. The number of benzene rings is 2. The van der Waals surface area contributed by atoms with Gasteiger partial charge < -0.3 is 54.5 Å². The Balaban J connectivity index is 0.915. The Morgan fingerprint density at radius 3 is 2.18 bits per heavy atom. The van der Waals surface area contributed by atoms with E-state index in [-0.39, 0.29) is 50.3 Å². The van der Waals surface area contributed by atoms with Gasteiger partial charge in [0.25, 0.3) is 11.8 Å². The van der Waals surface area contributed by atoms with Gasteiger partial charge in [0, 0.05) is 24.6 Å². The molecule has 0 aliphatic heterocycles. The van der Waals surface area contributed by atoms with Crippen molar-refractivity contribution in [1.82, 2.24) is 30.9 Å². The highest BCUT2D eigenvalue weighted by Gasteiger charge is 2.32. The number of fused-ring (bicyclic) bond motifs is 1. The summed E-state index contributed by atoms with van der Waals surface area (Å²) < 4.78 is 33.6. The number of anilines is 1. The van der Waals surface area contributed by atoms with E-state index in [9.17, 15) is 24.3 Å². The van der Waals surface area contributed by atoms with Gasteiger partial charge in [-0.05, 0) is 87.6 Å². The minimum absolute atomic E-state index is 0.0501. The Labute approximate surface area is 378 Å². The number of alkyl carbamates (subject to hydrolysis) is 1. The summed E-state index contributed by atoms with van der Waals surface area (Å²) in [5.74, 6) is -0.636. The first-order chi connectivity index (χ1) is 31.2. The van der Waals surface area contributed by atoms with Crippen molar-refractivity contribution in [2.24, 2.45) is 5.92 Å². The summed E-state index contributed by atoms with van der Waals surface area (Å²) in [7, 11) is 0. The molecule has 0 aliphatic rings. The van der Waals surface area contributed by atoms with Gasteiger partial charge in [0.1, 0.15) is 35.2 Å². The maximum Gasteiger partial charge on any atom is 0.407 e. The lowest BCUT2D eigenvalue weighted by Gasteiger charge is -2.28. The number of carbonyl (C=O) groups excluding carboxylic acids is 4. The molecule has 0 spiro atoms. The number of nitrogens with zero attached hydrogens (tertiary/aromatic N) is 3. The molecular weight excluding hydrogens is 839 g/mol. The molecule has 4 amide bonds. The van der Waals surface area contributed by atoms with E-state index in [1.54, 1.807) is 69.6 Å². The third-order valence-electron chi connectivity index (χ3n) is 9.30. The molecule has 0 radical (unpaired) electrons. The molecule has 3 heterocycles. The van der Waals surface area contributed by atoms with Crippen LogP contribution in [0.25, 0.3) is 22.6 Å². The first-order valence-corrected chi connectivity index (χ1v) is 21.5. The molecule has 65 heavy (non-hydrogen) atoms. The second-order valence-electron chi connectivity index (χ2n) is 16.3. The molecule has 5 rings (SSSR count). The summed E-state index contributed by atoms with van der Waals surface area (Å²) in [4.78, 5) is 64.7. The molecule has 18 heteroatoms. The quantitative estimate of drug-likeness (QED) is 0.0480. The number of pyridine rings is 2. The first kappa shape index (κ1) is 49.5. The molecule has 0 saturated heterocycles. The average molecular weight is 898 g/mol. The normalized spacial score (nSPS) is 12.8. The lowest BCUT2D eigenvalue weighted by atomic mass is 9.99. The monoisotopic (exact) mass is 897 g/mol. The van der Waals surface area contributed by atoms with E-state index in [1.165, 1.54) is 6.20 Å². The predicted octanol–water partition coefficient (Wildman–Crippen LogP) is 5.11. The minimum atomic E-state index is -1.67. The van der Waals surface area contributed by atoms with E-state index in [1.807, 2.05) is 50.2 Å². The number of rotatable bonds is 25. The Bertz CT molecular complexity index is 2250. The van der Waals surface area contributed by atoms with E-state index < -0.39 is 41.7 Å².